The molecule has 16 nitrogen and oxygen atoms in total. The fourth-order valence-electron chi connectivity index (χ4n) is 6.75. The molecule has 47 heavy (non-hydrogen) atoms. The Hall–Kier alpha value is -3.22. The number of aliphatic hydroxyl groups excluding tert-OH is 3. The van der Waals surface area contributed by atoms with Crippen molar-refractivity contribution in [1.29, 1.82) is 5.41 Å². The Morgan fingerprint density at radius 3 is 2.49 bits per heavy atom. The highest BCUT2D eigenvalue weighted by Crippen LogP contribution is 2.41. The van der Waals surface area contributed by atoms with Crippen LogP contribution in [0.15, 0.2) is 18.2 Å². The van der Waals surface area contributed by atoms with Crippen molar-refractivity contribution in [2.45, 2.75) is 101 Å². The van der Waals surface area contributed by atoms with E-state index in [0.717, 1.165) is 6.07 Å². The number of halogens is 1. The van der Waals surface area contributed by atoms with Gasteiger partial charge in [-0.1, -0.05) is 31.5 Å². The van der Waals surface area contributed by atoms with Crippen LogP contribution >= 0.6 is 11.6 Å². The van der Waals surface area contributed by atoms with Crippen molar-refractivity contribution in [3.8, 4) is 5.75 Å². The van der Waals surface area contributed by atoms with Crippen molar-refractivity contribution in [2.24, 2.45) is 17.6 Å². The van der Waals surface area contributed by atoms with E-state index in [1.54, 1.807) is 13.8 Å². The number of piperidine rings is 1. The maximum absolute atomic E-state index is 14.2. The molecule has 3 aliphatic rings. The van der Waals surface area contributed by atoms with E-state index in [2.05, 4.69) is 14.8 Å². The van der Waals surface area contributed by atoms with Gasteiger partial charge in [-0.05, 0) is 68.1 Å². The van der Waals surface area contributed by atoms with Gasteiger partial charge in [0.25, 0.3) is 0 Å². The number of nitrogens with zero attached hydrogens (tertiary/aromatic N) is 2. The van der Waals surface area contributed by atoms with Crippen molar-refractivity contribution in [1.82, 2.24) is 20.4 Å². The van der Waals surface area contributed by atoms with E-state index in [0.29, 0.717) is 44.2 Å². The Labute approximate surface area is 278 Å². The summed E-state index contributed by atoms with van der Waals surface area (Å²) in [5.74, 6) is -3.14. The van der Waals surface area contributed by atoms with Crippen LogP contribution in [0, 0.1) is 17.2 Å². The van der Waals surface area contributed by atoms with E-state index >= 15 is 0 Å². The van der Waals surface area contributed by atoms with Crippen LogP contribution in [0.4, 0.5) is 0 Å². The van der Waals surface area contributed by atoms with Gasteiger partial charge in [-0.25, -0.2) is 0 Å². The van der Waals surface area contributed by atoms with Crippen LogP contribution in [0.5, 0.6) is 5.75 Å². The molecule has 2 aliphatic heterocycles. The first kappa shape index (κ1) is 36.6. The second kappa shape index (κ2) is 14.9. The molecule has 2 heterocycles. The van der Waals surface area contributed by atoms with E-state index in [4.69, 9.17) is 27.3 Å². The molecule has 9 N–H and O–H groups in total. The zero-order valence-corrected chi connectivity index (χ0v) is 27.7. The highest BCUT2D eigenvalue weighted by Gasteiger charge is 2.51. The smallest absolute Gasteiger partial charge is 0.393 e. The second-order valence-corrected chi connectivity index (χ2v) is 14.2. The Bertz CT molecular complexity index is 1460. The number of guanidine groups is 1. The van der Waals surface area contributed by atoms with Gasteiger partial charge in [-0.2, -0.15) is 8.42 Å². The van der Waals surface area contributed by atoms with Gasteiger partial charge in [0.15, 0.2) is 11.7 Å². The number of carbonyl (C=O) groups is 3. The van der Waals surface area contributed by atoms with Crippen LogP contribution < -0.4 is 20.6 Å². The Kier molecular flexibility index (Phi) is 11.6. The third-order valence-corrected chi connectivity index (χ3v) is 9.77. The van der Waals surface area contributed by atoms with E-state index in [9.17, 15) is 38.1 Å². The van der Waals surface area contributed by atoms with Crippen molar-refractivity contribution in [3.63, 3.8) is 0 Å². The first-order chi connectivity index (χ1) is 22.0. The molecule has 8 atom stereocenters. The molecule has 3 fully saturated rings. The number of rotatable bonds is 10. The predicted molar refractivity (Wildman–Crippen MR) is 168 cm³/mol. The molecule has 1 saturated carbocycles. The van der Waals surface area contributed by atoms with Gasteiger partial charge in [0.05, 0.1) is 17.2 Å². The van der Waals surface area contributed by atoms with Crippen LogP contribution in [0.2, 0.25) is 5.02 Å². The van der Waals surface area contributed by atoms with Crippen molar-refractivity contribution < 1.29 is 46.9 Å². The molecule has 1 aliphatic carbocycles. The summed E-state index contributed by atoms with van der Waals surface area (Å²) < 4.78 is 35.2. The van der Waals surface area contributed by atoms with Gasteiger partial charge < -0.3 is 45.7 Å². The van der Waals surface area contributed by atoms with E-state index in [1.807, 2.05) is 0 Å². The summed E-state index contributed by atoms with van der Waals surface area (Å²) >= 11 is 6.02. The minimum atomic E-state index is -4.82. The monoisotopic (exact) mass is 702 g/mol. The highest BCUT2D eigenvalue weighted by atomic mass is 35.5. The zero-order chi connectivity index (χ0) is 34.8. The lowest BCUT2D eigenvalue weighted by molar-refractivity contribution is -0.147. The van der Waals surface area contributed by atoms with Gasteiger partial charge >= 0.3 is 10.4 Å². The maximum atomic E-state index is 14.2. The summed E-state index contributed by atoms with van der Waals surface area (Å²) in [5, 5.41) is 45.0. The first-order valence-electron chi connectivity index (χ1n) is 15.5. The molecule has 18 heteroatoms. The number of aliphatic hydroxyl groups is 3. The molecule has 2 unspecified atom stereocenters. The lowest BCUT2D eigenvalue weighted by Crippen LogP contribution is -2.62. The Balaban J connectivity index is 1.50. The van der Waals surface area contributed by atoms with Crippen LogP contribution in [-0.4, -0.2) is 111 Å². The molecule has 1 aromatic carbocycles. The van der Waals surface area contributed by atoms with E-state index < -0.39 is 76.6 Å². The van der Waals surface area contributed by atoms with Crippen LogP contribution in [0.25, 0.3) is 0 Å². The molecular formula is C29H43ClN6O10S. The quantitative estimate of drug-likeness (QED) is 0.0872. The van der Waals surface area contributed by atoms with E-state index in [1.165, 1.54) is 21.9 Å². The summed E-state index contributed by atoms with van der Waals surface area (Å²) in [5.41, 5.74) is 5.92. The molecular weight excluding hydrogens is 660 g/mol. The van der Waals surface area contributed by atoms with E-state index in [-0.39, 0.29) is 35.5 Å². The number of likely N-dealkylation sites (tertiary alicyclic amines) is 2. The van der Waals surface area contributed by atoms with Crippen molar-refractivity contribution in [3.05, 3.63) is 28.8 Å². The summed E-state index contributed by atoms with van der Waals surface area (Å²) in [7, 11) is -4.82. The lowest BCUT2D eigenvalue weighted by Gasteiger charge is -2.40. The molecule has 1 aromatic rings. The van der Waals surface area contributed by atoms with Gasteiger partial charge in [0.1, 0.15) is 24.4 Å². The number of nitrogens with two attached hydrogens (primary N) is 1. The number of fused-ring (bicyclic) bond motifs is 1. The molecule has 2 saturated heterocycles. The standard InChI is InChI=1S/C29H43ClN6O10S/c1-14(2)24(34-26(40)22(38)11-15-5-8-23(18(30)10-15)46-47(43,44)45)28(42)36-20-13-17(37)7-6-16(20)12-21(36)25(39)33-19-4-3-9-35(27(19)41)29(31)32/h5,8,10,14,16-17,19-22,24,27,37-38,41H,3-4,6-7,9,11-13H2,1-2H3,(H3,31,32)(H,33,39)(H,34,40)(H,43,44,45)/t16-,17+,19-,20-,21?,22+,24+,27?/m0/s1. The lowest BCUT2D eigenvalue weighted by atomic mass is 9.83. The molecule has 262 valence electrons. The average Bonchev–Trinajstić information content (AvgIpc) is 3.35. The molecule has 0 radical (unpaired) electrons. The minimum Gasteiger partial charge on any atom is -0.393 e. The number of carbonyl (C=O) groups excluding carboxylic acids is 3. The summed E-state index contributed by atoms with van der Waals surface area (Å²) in [6, 6.07) is 0.445. The largest absolute Gasteiger partial charge is 0.446 e. The highest BCUT2D eigenvalue weighted by molar-refractivity contribution is 7.81. The maximum Gasteiger partial charge on any atom is 0.446 e. The van der Waals surface area contributed by atoms with Crippen molar-refractivity contribution in [2.75, 3.05) is 6.54 Å². The summed E-state index contributed by atoms with van der Waals surface area (Å²) in [6.07, 6.45) is -1.09. The second-order valence-electron chi connectivity index (χ2n) is 12.8. The SMILES string of the molecule is CC(C)[C@@H](NC(=O)[C@H](O)Cc1ccc(OS(=O)(=O)O)c(Cl)c1)C(=O)N1C(C(=O)N[C@H]2CCCN(C(=N)N)C2O)C[C@@H]2CC[C@@H](O)C[C@@H]21. The van der Waals surface area contributed by atoms with Gasteiger partial charge in [0, 0.05) is 19.0 Å². The summed E-state index contributed by atoms with van der Waals surface area (Å²) in [6.45, 7) is 3.77. The zero-order valence-electron chi connectivity index (χ0n) is 26.1. The first-order valence-corrected chi connectivity index (χ1v) is 17.2. The number of benzene rings is 1. The topological polar surface area (TPSA) is 256 Å². The number of nitrogens with one attached hydrogen (secondary N) is 3. The van der Waals surface area contributed by atoms with Crippen LogP contribution in [0.3, 0.4) is 0 Å². The Morgan fingerprint density at radius 1 is 1.17 bits per heavy atom. The molecule has 0 aromatic heterocycles. The van der Waals surface area contributed by atoms with Crippen LogP contribution in [0.1, 0.15) is 57.9 Å². The van der Waals surface area contributed by atoms with Crippen molar-refractivity contribution >= 4 is 45.7 Å². The predicted octanol–water partition coefficient (Wildman–Crippen LogP) is -0.511. The Morgan fingerprint density at radius 2 is 1.87 bits per heavy atom. The number of hydrogen-bond acceptors (Lipinski definition) is 10. The fourth-order valence-corrected chi connectivity index (χ4v) is 7.41. The third-order valence-electron chi connectivity index (χ3n) is 9.09. The van der Waals surface area contributed by atoms with Gasteiger partial charge in [-0.15, -0.1) is 0 Å². The minimum absolute atomic E-state index is 0.0743. The summed E-state index contributed by atoms with van der Waals surface area (Å²) in [4.78, 5) is 43.9. The number of hydrogen-bond donors (Lipinski definition) is 8. The third kappa shape index (κ3) is 8.83. The molecule has 4 rings (SSSR count). The fraction of sp³-hybridized carbons (Fsp3) is 0.655. The molecule has 0 spiro atoms. The van der Waals surface area contributed by atoms with Crippen LogP contribution in [-0.2, 0) is 31.2 Å². The molecule has 0 bridgehead atoms. The normalized spacial score (nSPS) is 27.5. The average molecular weight is 703 g/mol. The number of amides is 3. The van der Waals surface area contributed by atoms with Gasteiger partial charge in [0.2, 0.25) is 17.7 Å². The van der Waals surface area contributed by atoms with Gasteiger partial charge in [-0.3, -0.25) is 24.3 Å². The molecule has 3 amide bonds.